The molecule has 0 spiro atoms. The van der Waals surface area contributed by atoms with Crippen molar-refractivity contribution in [1.82, 2.24) is 0 Å². The van der Waals surface area contributed by atoms with E-state index in [9.17, 15) is 31.1 Å². The number of carbonyl (C=O) groups excluding carboxylic acids is 1. The zero-order valence-electron chi connectivity index (χ0n) is 8.82. The number of methoxy groups -OCH3 is 1. The SMILES string of the molecule is COc1cc(C(F)(F)F)cc(C=O)c1C(F)(F)F. The molecular formula is C10H6F6O2. The van der Waals surface area contributed by atoms with E-state index in [4.69, 9.17) is 0 Å². The van der Waals surface area contributed by atoms with Crippen LogP contribution in [0.25, 0.3) is 0 Å². The lowest BCUT2D eigenvalue weighted by molar-refractivity contribution is -0.142. The third-order valence-corrected chi connectivity index (χ3v) is 2.09. The van der Waals surface area contributed by atoms with Crippen LogP contribution in [0.2, 0.25) is 0 Å². The maximum Gasteiger partial charge on any atom is 0.420 e. The van der Waals surface area contributed by atoms with Crippen LogP contribution in [0.3, 0.4) is 0 Å². The zero-order chi connectivity index (χ0) is 14.1. The van der Waals surface area contributed by atoms with Crippen LogP contribution < -0.4 is 4.74 Å². The van der Waals surface area contributed by atoms with Gasteiger partial charge in [0.2, 0.25) is 0 Å². The molecule has 0 saturated carbocycles. The standard InChI is InChI=1S/C10H6F6O2/c1-18-7-3-6(9(11,12)13)2-5(4-17)8(7)10(14,15)16/h2-4H,1H3. The first-order valence-corrected chi connectivity index (χ1v) is 4.43. The minimum absolute atomic E-state index is 0.137. The Bertz CT molecular complexity index is 461. The smallest absolute Gasteiger partial charge is 0.420 e. The third kappa shape index (κ3) is 2.74. The lowest BCUT2D eigenvalue weighted by Crippen LogP contribution is -2.14. The summed E-state index contributed by atoms with van der Waals surface area (Å²) < 4.78 is 79.2. The molecule has 0 aromatic heterocycles. The number of benzene rings is 1. The highest BCUT2D eigenvalue weighted by Crippen LogP contribution is 2.41. The largest absolute Gasteiger partial charge is 0.496 e. The van der Waals surface area contributed by atoms with Gasteiger partial charge in [-0.3, -0.25) is 4.79 Å². The normalized spacial score (nSPS) is 12.4. The Labute approximate surface area is 97.2 Å². The second-order valence-electron chi connectivity index (χ2n) is 3.26. The van der Waals surface area contributed by atoms with Crippen LogP contribution in [0.15, 0.2) is 12.1 Å². The number of alkyl halides is 6. The molecule has 8 heteroatoms. The summed E-state index contributed by atoms with van der Waals surface area (Å²) in [5.74, 6) is -1.04. The highest BCUT2D eigenvalue weighted by atomic mass is 19.4. The third-order valence-electron chi connectivity index (χ3n) is 2.09. The Morgan fingerprint density at radius 2 is 1.61 bits per heavy atom. The summed E-state index contributed by atoms with van der Waals surface area (Å²) in [5.41, 5.74) is -4.02. The summed E-state index contributed by atoms with van der Waals surface area (Å²) in [6, 6.07) is 0.341. The average molecular weight is 272 g/mol. The van der Waals surface area contributed by atoms with Gasteiger partial charge in [0.15, 0.2) is 6.29 Å². The number of hydrogen-bond acceptors (Lipinski definition) is 2. The minimum atomic E-state index is -4.98. The molecule has 0 saturated heterocycles. The average Bonchev–Trinajstić information content (AvgIpc) is 2.24. The molecule has 0 aliphatic rings. The maximum absolute atomic E-state index is 12.6. The monoisotopic (exact) mass is 272 g/mol. The highest BCUT2D eigenvalue weighted by Gasteiger charge is 2.40. The van der Waals surface area contributed by atoms with Crippen molar-refractivity contribution in [1.29, 1.82) is 0 Å². The first kappa shape index (κ1) is 14.3. The Morgan fingerprint density at radius 1 is 1.06 bits per heavy atom. The molecule has 1 rings (SSSR count). The Kier molecular flexibility index (Phi) is 3.59. The van der Waals surface area contributed by atoms with Gasteiger partial charge in [0, 0.05) is 5.56 Å². The van der Waals surface area contributed by atoms with Crippen molar-refractivity contribution in [3.8, 4) is 5.75 Å². The van der Waals surface area contributed by atoms with Gasteiger partial charge in [-0.1, -0.05) is 0 Å². The first-order valence-electron chi connectivity index (χ1n) is 4.43. The Morgan fingerprint density at radius 3 is 1.94 bits per heavy atom. The van der Waals surface area contributed by atoms with Gasteiger partial charge in [0.05, 0.1) is 12.7 Å². The van der Waals surface area contributed by atoms with Crippen molar-refractivity contribution in [2.75, 3.05) is 7.11 Å². The molecule has 1 aromatic rings. The second-order valence-corrected chi connectivity index (χ2v) is 3.26. The van der Waals surface area contributed by atoms with Crippen molar-refractivity contribution in [2.45, 2.75) is 12.4 Å². The van der Waals surface area contributed by atoms with Crippen LogP contribution >= 0.6 is 0 Å². The van der Waals surface area contributed by atoms with Crippen LogP contribution in [0.4, 0.5) is 26.3 Å². The predicted molar refractivity (Wildman–Crippen MR) is 48.4 cm³/mol. The molecule has 2 nitrogen and oxygen atoms in total. The molecule has 0 bridgehead atoms. The van der Waals surface area contributed by atoms with Crippen molar-refractivity contribution in [3.05, 3.63) is 28.8 Å². The van der Waals surface area contributed by atoms with E-state index >= 15 is 0 Å². The van der Waals surface area contributed by atoms with Crippen molar-refractivity contribution >= 4 is 6.29 Å². The molecule has 18 heavy (non-hydrogen) atoms. The summed E-state index contributed by atoms with van der Waals surface area (Å²) in [4.78, 5) is 10.5. The first-order chi connectivity index (χ1) is 8.11. The van der Waals surface area contributed by atoms with Crippen molar-refractivity contribution < 1.29 is 35.9 Å². The summed E-state index contributed by atoms with van der Waals surface area (Å²) in [5, 5.41) is 0. The van der Waals surface area contributed by atoms with E-state index in [1.54, 1.807) is 0 Å². The number of rotatable bonds is 2. The van der Waals surface area contributed by atoms with Crippen molar-refractivity contribution in [2.24, 2.45) is 0 Å². The Hall–Kier alpha value is -1.73. The van der Waals surface area contributed by atoms with Gasteiger partial charge in [0.1, 0.15) is 11.3 Å². The highest BCUT2D eigenvalue weighted by molar-refractivity contribution is 5.80. The number of aldehydes is 1. The molecule has 0 radical (unpaired) electrons. The van der Waals surface area contributed by atoms with Crippen LogP contribution in [-0.4, -0.2) is 13.4 Å². The molecule has 0 aliphatic heterocycles. The lowest BCUT2D eigenvalue weighted by Gasteiger charge is -2.16. The van der Waals surface area contributed by atoms with Gasteiger partial charge in [-0.25, -0.2) is 0 Å². The van der Waals surface area contributed by atoms with Gasteiger partial charge < -0.3 is 4.74 Å². The molecule has 0 N–H and O–H groups in total. The summed E-state index contributed by atoms with van der Waals surface area (Å²) in [6.45, 7) is 0. The van der Waals surface area contributed by atoms with E-state index in [0.29, 0.717) is 0 Å². The van der Waals surface area contributed by atoms with E-state index in [-0.39, 0.29) is 18.4 Å². The maximum atomic E-state index is 12.6. The van der Waals surface area contributed by atoms with E-state index < -0.39 is 34.8 Å². The molecule has 0 atom stereocenters. The second kappa shape index (κ2) is 4.51. The van der Waals surface area contributed by atoms with Gasteiger partial charge in [-0.15, -0.1) is 0 Å². The van der Waals surface area contributed by atoms with E-state index in [0.717, 1.165) is 7.11 Å². The number of halogens is 6. The van der Waals surface area contributed by atoms with Crippen LogP contribution in [0.5, 0.6) is 5.75 Å². The van der Waals surface area contributed by atoms with Crippen LogP contribution in [0, 0.1) is 0 Å². The van der Waals surface area contributed by atoms with Gasteiger partial charge in [0.25, 0.3) is 0 Å². The molecule has 1 aromatic carbocycles. The molecule has 0 fully saturated rings. The molecule has 0 aliphatic carbocycles. The molecule has 100 valence electrons. The molecule has 0 unspecified atom stereocenters. The van der Waals surface area contributed by atoms with E-state index in [1.807, 2.05) is 0 Å². The molecule has 0 amide bonds. The number of ether oxygens (including phenoxy) is 1. The van der Waals surface area contributed by atoms with Crippen LogP contribution in [0.1, 0.15) is 21.5 Å². The lowest BCUT2D eigenvalue weighted by atomic mass is 10.0. The van der Waals surface area contributed by atoms with Gasteiger partial charge in [-0.05, 0) is 12.1 Å². The van der Waals surface area contributed by atoms with Gasteiger partial charge >= 0.3 is 12.4 Å². The van der Waals surface area contributed by atoms with Crippen molar-refractivity contribution in [3.63, 3.8) is 0 Å². The fourth-order valence-corrected chi connectivity index (χ4v) is 1.36. The van der Waals surface area contributed by atoms with Gasteiger partial charge in [-0.2, -0.15) is 26.3 Å². The number of carbonyl (C=O) groups is 1. The molecule has 0 heterocycles. The van der Waals surface area contributed by atoms with E-state index in [1.165, 1.54) is 0 Å². The fourth-order valence-electron chi connectivity index (χ4n) is 1.36. The van der Waals surface area contributed by atoms with E-state index in [2.05, 4.69) is 4.74 Å². The summed E-state index contributed by atoms with van der Waals surface area (Å²) >= 11 is 0. The summed E-state index contributed by atoms with van der Waals surface area (Å²) in [7, 11) is 0.791. The fraction of sp³-hybridized carbons (Fsp3) is 0.300. The van der Waals surface area contributed by atoms with Crippen LogP contribution in [-0.2, 0) is 12.4 Å². The Balaban J connectivity index is 3.60. The molecular weight excluding hydrogens is 266 g/mol. The summed E-state index contributed by atoms with van der Waals surface area (Å²) in [6.07, 6.45) is -10.1. The number of hydrogen-bond donors (Lipinski definition) is 0. The predicted octanol–water partition coefficient (Wildman–Crippen LogP) is 3.55. The zero-order valence-corrected chi connectivity index (χ0v) is 8.82. The quantitative estimate of drug-likeness (QED) is 0.608. The topological polar surface area (TPSA) is 26.3 Å². The minimum Gasteiger partial charge on any atom is -0.496 e.